The van der Waals surface area contributed by atoms with Crippen LogP contribution in [0.15, 0.2) is 55.1 Å². The van der Waals surface area contributed by atoms with Gasteiger partial charge in [-0.15, -0.1) is 0 Å². The van der Waals surface area contributed by atoms with Gasteiger partial charge in [-0.1, -0.05) is 6.07 Å². The first-order chi connectivity index (χ1) is 14.5. The number of piperazine rings is 1. The highest BCUT2D eigenvalue weighted by Gasteiger charge is 2.20. The molecule has 0 bridgehead atoms. The minimum Gasteiger partial charge on any atom is -0.369 e. The lowest BCUT2D eigenvalue weighted by Crippen LogP contribution is -2.45. The first-order valence-electron chi connectivity index (χ1n) is 10.2. The van der Waals surface area contributed by atoms with Gasteiger partial charge in [-0.3, -0.25) is 0 Å². The normalized spacial score (nSPS) is 16.1. The Bertz CT molecular complexity index is 981. The highest BCUT2D eigenvalue weighted by molar-refractivity contribution is 5.55. The second-order valence-electron chi connectivity index (χ2n) is 7.85. The van der Waals surface area contributed by atoms with Crippen LogP contribution in [0, 0.1) is 11.6 Å². The van der Waals surface area contributed by atoms with Crippen molar-refractivity contribution in [2.45, 2.75) is 19.5 Å². The molecule has 1 fully saturated rings. The van der Waals surface area contributed by atoms with Crippen molar-refractivity contribution in [2.75, 3.05) is 38.1 Å². The Kier molecular flexibility index (Phi) is 6.11. The van der Waals surface area contributed by atoms with E-state index >= 15 is 0 Å². The van der Waals surface area contributed by atoms with Crippen molar-refractivity contribution in [1.29, 1.82) is 0 Å². The smallest absolute Gasteiger partial charge is 0.147 e. The van der Waals surface area contributed by atoms with Crippen molar-refractivity contribution < 1.29 is 8.78 Å². The molecule has 0 saturated carbocycles. The van der Waals surface area contributed by atoms with E-state index in [1.807, 2.05) is 19.1 Å². The van der Waals surface area contributed by atoms with Crippen LogP contribution in [-0.4, -0.2) is 47.7 Å². The Morgan fingerprint density at radius 2 is 1.80 bits per heavy atom. The number of aromatic nitrogens is 2. The van der Waals surface area contributed by atoms with Gasteiger partial charge in [0.05, 0.1) is 12.0 Å². The molecule has 7 heteroatoms. The molecular formula is C23H27F2N5. The fourth-order valence-corrected chi connectivity index (χ4v) is 3.86. The number of halogens is 2. The molecule has 0 amide bonds. The molecule has 1 N–H and O–H groups in total. The van der Waals surface area contributed by atoms with Crippen LogP contribution in [0.3, 0.4) is 0 Å². The molecule has 1 aliphatic rings. The Morgan fingerprint density at radius 3 is 2.50 bits per heavy atom. The molecule has 1 saturated heterocycles. The molecule has 4 rings (SSSR count). The summed E-state index contributed by atoms with van der Waals surface area (Å²) in [5.41, 5.74) is 3.29. The number of hydrogen-bond acceptors (Lipinski definition) is 4. The van der Waals surface area contributed by atoms with Crippen LogP contribution in [0.5, 0.6) is 0 Å². The van der Waals surface area contributed by atoms with Crippen molar-refractivity contribution in [2.24, 2.45) is 0 Å². The Morgan fingerprint density at radius 1 is 1.03 bits per heavy atom. The standard InChI is InChI=1S/C23H27F2N5/c1-17(20-14-19(24)4-6-22(20)29-11-9-28(2)10-12-29)27-15-18-3-5-23(21(25)13-18)30-8-7-26-16-30/h3-8,13-14,16-17,27H,9-12,15H2,1-2H3. The first kappa shape index (κ1) is 20.5. The molecule has 2 aromatic carbocycles. The van der Waals surface area contributed by atoms with Gasteiger partial charge in [0.15, 0.2) is 0 Å². The highest BCUT2D eigenvalue weighted by atomic mass is 19.1. The van der Waals surface area contributed by atoms with E-state index in [1.165, 1.54) is 12.1 Å². The second-order valence-corrected chi connectivity index (χ2v) is 7.85. The van der Waals surface area contributed by atoms with Crippen LogP contribution in [0.25, 0.3) is 5.69 Å². The Labute approximate surface area is 175 Å². The second kappa shape index (κ2) is 8.93. The summed E-state index contributed by atoms with van der Waals surface area (Å²) in [5.74, 6) is -0.545. The lowest BCUT2D eigenvalue weighted by atomic mass is 10.0. The summed E-state index contributed by atoms with van der Waals surface area (Å²) >= 11 is 0. The zero-order chi connectivity index (χ0) is 21.1. The molecule has 30 heavy (non-hydrogen) atoms. The maximum absolute atomic E-state index is 14.5. The summed E-state index contributed by atoms with van der Waals surface area (Å²) < 4.78 is 30.2. The molecule has 158 valence electrons. The molecule has 5 nitrogen and oxygen atoms in total. The average Bonchev–Trinajstić information content (AvgIpc) is 3.27. The summed E-state index contributed by atoms with van der Waals surface area (Å²) in [6.45, 7) is 6.32. The van der Waals surface area contributed by atoms with E-state index in [-0.39, 0.29) is 17.7 Å². The number of anilines is 1. The molecule has 1 aliphatic heterocycles. The van der Waals surface area contributed by atoms with Crippen LogP contribution < -0.4 is 10.2 Å². The summed E-state index contributed by atoms with van der Waals surface area (Å²) in [5, 5.41) is 3.42. The number of nitrogens with one attached hydrogen (secondary N) is 1. The maximum atomic E-state index is 14.5. The van der Waals surface area contributed by atoms with Gasteiger partial charge in [0.1, 0.15) is 11.6 Å². The van der Waals surface area contributed by atoms with Crippen LogP contribution in [0.1, 0.15) is 24.1 Å². The molecule has 1 aromatic heterocycles. The Hall–Kier alpha value is -2.77. The molecule has 2 heterocycles. The Balaban J connectivity index is 1.47. The van der Waals surface area contributed by atoms with Gasteiger partial charge in [0.2, 0.25) is 0 Å². The predicted octanol–water partition coefficient (Wildman–Crippen LogP) is 3.75. The predicted molar refractivity (Wildman–Crippen MR) is 115 cm³/mol. The molecule has 1 atom stereocenters. The number of nitrogens with zero attached hydrogens (tertiary/aromatic N) is 4. The summed E-state index contributed by atoms with van der Waals surface area (Å²) in [6, 6.07) is 10.1. The van der Waals surface area contributed by atoms with E-state index in [0.717, 1.165) is 43.0 Å². The molecular weight excluding hydrogens is 384 g/mol. The van der Waals surface area contributed by atoms with E-state index in [4.69, 9.17) is 0 Å². The monoisotopic (exact) mass is 411 g/mol. The van der Waals surface area contributed by atoms with Gasteiger partial charge >= 0.3 is 0 Å². The number of rotatable bonds is 6. The molecule has 1 unspecified atom stereocenters. The molecule has 0 spiro atoms. The highest BCUT2D eigenvalue weighted by Crippen LogP contribution is 2.28. The molecule has 0 aliphatic carbocycles. The zero-order valence-corrected chi connectivity index (χ0v) is 17.4. The van der Waals surface area contributed by atoms with E-state index in [1.54, 1.807) is 35.4 Å². The quantitative estimate of drug-likeness (QED) is 0.670. The minimum atomic E-state index is -0.302. The van der Waals surface area contributed by atoms with Crippen LogP contribution in [0.2, 0.25) is 0 Å². The van der Waals surface area contributed by atoms with E-state index in [0.29, 0.717) is 12.2 Å². The van der Waals surface area contributed by atoms with Crippen molar-refractivity contribution in [3.05, 3.63) is 77.9 Å². The number of benzene rings is 2. The van der Waals surface area contributed by atoms with Crippen LogP contribution in [-0.2, 0) is 6.54 Å². The van der Waals surface area contributed by atoms with Gasteiger partial charge < -0.3 is 19.7 Å². The van der Waals surface area contributed by atoms with Crippen molar-refractivity contribution >= 4 is 5.69 Å². The third-order valence-electron chi connectivity index (χ3n) is 5.71. The number of imidazole rings is 1. The maximum Gasteiger partial charge on any atom is 0.147 e. The SMILES string of the molecule is CC(NCc1ccc(-n2ccnc2)c(F)c1)c1cc(F)ccc1N1CCN(C)CC1. The summed E-state index contributed by atoms with van der Waals surface area (Å²) in [4.78, 5) is 8.57. The third-order valence-corrected chi connectivity index (χ3v) is 5.71. The summed E-state index contributed by atoms with van der Waals surface area (Å²) in [7, 11) is 2.12. The van der Waals surface area contributed by atoms with E-state index in [9.17, 15) is 8.78 Å². The lowest BCUT2D eigenvalue weighted by molar-refractivity contribution is 0.312. The van der Waals surface area contributed by atoms with Crippen molar-refractivity contribution in [1.82, 2.24) is 19.8 Å². The van der Waals surface area contributed by atoms with E-state index in [2.05, 4.69) is 27.1 Å². The van der Waals surface area contributed by atoms with Crippen LogP contribution >= 0.6 is 0 Å². The van der Waals surface area contributed by atoms with Crippen LogP contribution in [0.4, 0.5) is 14.5 Å². The van der Waals surface area contributed by atoms with Gasteiger partial charge in [-0.2, -0.15) is 0 Å². The average molecular weight is 412 g/mol. The zero-order valence-electron chi connectivity index (χ0n) is 17.4. The van der Waals surface area contributed by atoms with Crippen molar-refractivity contribution in [3.8, 4) is 5.69 Å². The van der Waals surface area contributed by atoms with Gasteiger partial charge in [0, 0.05) is 56.8 Å². The third kappa shape index (κ3) is 4.52. The van der Waals surface area contributed by atoms with E-state index < -0.39 is 0 Å². The first-order valence-corrected chi connectivity index (χ1v) is 10.2. The summed E-state index contributed by atoms with van der Waals surface area (Å²) in [6.07, 6.45) is 4.90. The van der Waals surface area contributed by atoms with Crippen molar-refractivity contribution in [3.63, 3.8) is 0 Å². The lowest BCUT2D eigenvalue weighted by Gasteiger charge is -2.36. The fraction of sp³-hybridized carbons (Fsp3) is 0.348. The molecule has 3 aromatic rings. The fourth-order valence-electron chi connectivity index (χ4n) is 3.86. The number of hydrogen-bond donors (Lipinski definition) is 1. The number of likely N-dealkylation sites (N-methyl/N-ethyl adjacent to an activating group) is 1. The van der Waals surface area contributed by atoms with Gasteiger partial charge in [-0.25, -0.2) is 13.8 Å². The molecule has 0 radical (unpaired) electrons. The largest absolute Gasteiger partial charge is 0.369 e. The minimum absolute atomic E-state index is 0.0771. The topological polar surface area (TPSA) is 36.3 Å². The van der Waals surface area contributed by atoms with Gasteiger partial charge in [0.25, 0.3) is 0 Å². The van der Waals surface area contributed by atoms with Gasteiger partial charge in [-0.05, 0) is 55.4 Å².